The lowest BCUT2D eigenvalue weighted by atomic mass is 10.4. The summed E-state index contributed by atoms with van der Waals surface area (Å²) in [5, 5.41) is 8.76. The molecule has 17 heavy (non-hydrogen) atoms. The van der Waals surface area contributed by atoms with Gasteiger partial charge in [-0.2, -0.15) is 0 Å². The fourth-order valence-corrected chi connectivity index (χ4v) is 4.50. The zero-order valence-electron chi connectivity index (χ0n) is 8.64. The van der Waals surface area contributed by atoms with Crippen LogP contribution in [0, 0.1) is 0 Å². The molecule has 0 radical (unpaired) electrons. The summed E-state index contributed by atoms with van der Waals surface area (Å²) >= 11 is 3.90. The quantitative estimate of drug-likeness (QED) is 0.663. The summed E-state index contributed by atoms with van der Waals surface area (Å²) < 4.78 is 26.2. The Morgan fingerprint density at radius 1 is 1.59 bits per heavy atom. The van der Waals surface area contributed by atoms with Crippen LogP contribution in [0.5, 0.6) is 0 Å². The van der Waals surface area contributed by atoms with Gasteiger partial charge in [0.05, 0.1) is 3.79 Å². The summed E-state index contributed by atoms with van der Waals surface area (Å²) in [5.74, 6) is -1.15. The van der Waals surface area contributed by atoms with Crippen molar-refractivity contribution in [2.45, 2.75) is 11.3 Å². The van der Waals surface area contributed by atoms with E-state index in [1.54, 1.807) is 0 Å². The molecule has 0 saturated carbocycles. The highest BCUT2D eigenvalue weighted by Crippen LogP contribution is 2.31. The lowest BCUT2D eigenvalue weighted by molar-refractivity contribution is 0.0702. The Kier molecular flexibility index (Phi) is 5.07. The van der Waals surface area contributed by atoms with Gasteiger partial charge in [-0.3, -0.25) is 0 Å². The molecule has 96 valence electrons. The Morgan fingerprint density at radius 3 is 2.71 bits per heavy atom. The lowest BCUT2D eigenvalue weighted by Crippen LogP contribution is -2.26. The van der Waals surface area contributed by atoms with Gasteiger partial charge in [0.2, 0.25) is 10.0 Å². The first kappa shape index (κ1) is 14.6. The number of rotatable bonds is 6. The van der Waals surface area contributed by atoms with Gasteiger partial charge in [-0.05, 0) is 35.0 Å². The number of nitrogens with two attached hydrogens (primary N) is 1. The average Bonchev–Trinajstić information content (AvgIpc) is 2.61. The number of thiophene rings is 1. The minimum absolute atomic E-state index is 0.0314. The maximum Gasteiger partial charge on any atom is 0.345 e. The second kappa shape index (κ2) is 5.91. The van der Waals surface area contributed by atoms with Gasteiger partial charge >= 0.3 is 5.97 Å². The molecule has 1 heterocycles. The third-order valence-electron chi connectivity index (χ3n) is 1.83. The smallest absolute Gasteiger partial charge is 0.345 e. The normalized spacial score (nSPS) is 11.6. The first-order chi connectivity index (χ1) is 7.88. The highest BCUT2D eigenvalue weighted by molar-refractivity contribution is 9.11. The van der Waals surface area contributed by atoms with Crippen LogP contribution >= 0.6 is 27.3 Å². The van der Waals surface area contributed by atoms with Crippen molar-refractivity contribution in [2.75, 3.05) is 13.1 Å². The largest absolute Gasteiger partial charge is 0.477 e. The number of carbonyl (C=O) groups is 1. The van der Waals surface area contributed by atoms with Gasteiger partial charge in [-0.1, -0.05) is 0 Å². The van der Waals surface area contributed by atoms with Crippen molar-refractivity contribution in [3.05, 3.63) is 14.7 Å². The van der Waals surface area contributed by atoms with E-state index in [0.29, 0.717) is 13.0 Å². The average molecular weight is 343 g/mol. The molecule has 0 bridgehead atoms. The summed E-state index contributed by atoms with van der Waals surface area (Å²) in [6.45, 7) is 0.608. The van der Waals surface area contributed by atoms with Crippen molar-refractivity contribution < 1.29 is 18.3 Å². The highest BCUT2D eigenvalue weighted by Gasteiger charge is 2.22. The topological polar surface area (TPSA) is 109 Å². The molecule has 9 heteroatoms. The summed E-state index contributed by atoms with van der Waals surface area (Å²) in [4.78, 5) is 10.6. The molecule has 1 rings (SSSR count). The third-order valence-corrected chi connectivity index (χ3v) is 5.53. The second-order valence-corrected chi connectivity index (χ2v) is 7.20. The van der Waals surface area contributed by atoms with Crippen LogP contribution < -0.4 is 10.5 Å². The number of hydrogen-bond donors (Lipinski definition) is 3. The van der Waals surface area contributed by atoms with E-state index in [1.165, 1.54) is 0 Å². The Labute approximate surface area is 111 Å². The molecule has 6 nitrogen and oxygen atoms in total. The van der Waals surface area contributed by atoms with E-state index >= 15 is 0 Å². The molecule has 4 N–H and O–H groups in total. The van der Waals surface area contributed by atoms with E-state index in [0.717, 1.165) is 17.4 Å². The molecular formula is C8H11BrN2O4S2. The zero-order chi connectivity index (χ0) is 13.1. The fraction of sp³-hybridized carbons (Fsp3) is 0.375. The standard InChI is InChI=1S/C8H11BrN2O4S2/c9-7-6(4-5(16-7)8(12)13)17(14,15)11-3-1-2-10/h4,11H,1-3,10H2,(H,12,13). The van der Waals surface area contributed by atoms with E-state index in [4.69, 9.17) is 10.8 Å². The molecule has 0 aromatic carbocycles. The van der Waals surface area contributed by atoms with Gasteiger partial charge in [-0.15, -0.1) is 11.3 Å². The minimum atomic E-state index is -3.68. The van der Waals surface area contributed by atoms with Crippen LogP contribution in [0.4, 0.5) is 0 Å². The van der Waals surface area contributed by atoms with Crippen molar-refractivity contribution in [3.63, 3.8) is 0 Å². The molecule has 0 spiro atoms. The zero-order valence-corrected chi connectivity index (χ0v) is 11.9. The number of halogens is 1. The number of carboxylic acid groups (broad SMARTS) is 1. The molecule has 0 unspecified atom stereocenters. The summed E-state index contributed by atoms with van der Waals surface area (Å²) in [7, 11) is -3.68. The molecule has 1 aromatic heterocycles. The monoisotopic (exact) mass is 342 g/mol. The van der Waals surface area contributed by atoms with Crippen LogP contribution in [-0.4, -0.2) is 32.6 Å². The molecule has 0 aliphatic heterocycles. The van der Waals surface area contributed by atoms with Crippen LogP contribution in [0.15, 0.2) is 14.7 Å². The number of sulfonamides is 1. The fourth-order valence-electron chi connectivity index (χ4n) is 1.03. The molecular weight excluding hydrogens is 332 g/mol. The SMILES string of the molecule is NCCCNS(=O)(=O)c1cc(C(=O)O)sc1Br. The van der Waals surface area contributed by atoms with Crippen molar-refractivity contribution in [1.29, 1.82) is 0 Å². The molecule has 0 aliphatic carbocycles. The molecule has 0 amide bonds. The Bertz CT molecular complexity index is 512. The van der Waals surface area contributed by atoms with E-state index in [1.807, 2.05) is 0 Å². The predicted molar refractivity (Wildman–Crippen MR) is 67.8 cm³/mol. The second-order valence-electron chi connectivity index (χ2n) is 3.09. The maximum absolute atomic E-state index is 11.8. The van der Waals surface area contributed by atoms with Crippen molar-refractivity contribution in [2.24, 2.45) is 5.73 Å². The van der Waals surface area contributed by atoms with Crippen LogP contribution in [0.25, 0.3) is 0 Å². The third kappa shape index (κ3) is 3.75. The molecule has 0 fully saturated rings. The number of hydrogen-bond acceptors (Lipinski definition) is 5. The van der Waals surface area contributed by atoms with Crippen LogP contribution in [0.3, 0.4) is 0 Å². The van der Waals surface area contributed by atoms with Crippen molar-refractivity contribution in [3.8, 4) is 0 Å². The highest BCUT2D eigenvalue weighted by atomic mass is 79.9. The van der Waals surface area contributed by atoms with Gasteiger partial charge < -0.3 is 10.8 Å². The van der Waals surface area contributed by atoms with Crippen LogP contribution in [0.1, 0.15) is 16.1 Å². The molecule has 1 aromatic rings. The molecule has 0 saturated heterocycles. The van der Waals surface area contributed by atoms with E-state index in [9.17, 15) is 13.2 Å². The Balaban J connectivity index is 2.95. The van der Waals surface area contributed by atoms with Crippen LogP contribution in [0.2, 0.25) is 0 Å². The van der Waals surface area contributed by atoms with E-state index in [2.05, 4.69) is 20.7 Å². The molecule has 0 aliphatic rings. The number of aromatic carboxylic acids is 1. The van der Waals surface area contributed by atoms with E-state index in [-0.39, 0.29) is 20.1 Å². The van der Waals surface area contributed by atoms with Crippen LogP contribution in [-0.2, 0) is 10.0 Å². The summed E-state index contributed by atoms with van der Waals surface area (Å²) in [6, 6.07) is 1.13. The van der Waals surface area contributed by atoms with Gasteiger partial charge in [0.25, 0.3) is 0 Å². The summed E-state index contributed by atoms with van der Waals surface area (Å²) in [5.41, 5.74) is 5.25. The Morgan fingerprint density at radius 2 is 2.24 bits per heavy atom. The first-order valence-electron chi connectivity index (χ1n) is 4.61. The van der Waals surface area contributed by atoms with Gasteiger partial charge in [-0.25, -0.2) is 17.9 Å². The predicted octanol–water partition coefficient (Wildman–Crippen LogP) is 0.836. The number of nitrogens with one attached hydrogen (secondary N) is 1. The number of carboxylic acids is 1. The van der Waals surface area contributed by atoms with Gasteiger partial charge in [0.15, 0.2) is 0 Å². The van der Waals surface area contributed by atoms with Crippen molar-refractivity contribution >= 4 is 43.3 Å². The lowest BCUT2D eigenvalue weighted by Gasteiger charge is -2.04. The van der Waals surface area contributed by atoms with E-state index < -0.39 is 16.0 Å². The maximum atomic E-state index is 11.8. The van der Waals surface area contributed by atoms with Crippen molar-refractivity contribution in [1.82, 2.24) is 4.72 Å². The van der Waals surface area contributed by atoms with Gasteiger partial charge in [0.1, 0.15) is 9.77 Å². The summed E-state index contributed by atoms with van der Waals surface area (Å²) in [6.07, 6.45) is 0.521. The molecule has 0 atom stereocenters. The first-order valence-corrected chi connectivity index (χ1v) is 7.70. The van der Waals surface area contributed by atoms with Gasteiger partial charge in [0, 0.05) is 6.54 Å². The Hall–Kier alpha value is -0.480. The minimum Gasteiger partial charge on any atom is -0.477 e.